The molecule has 0 bridgehead atoms. The second kappa shape index (κ2) is 58.2. The van der Waals surface area contributed by atoms with Crippen LogP contribution in [0, 0.1) is 0 Å². The number of allylic oxidation sites excluding steroid dienone is 20. The van der Waals surface area contributed by atoms with Gasteiger partial charge < -0.3 is 20.3 Å². The highest BCUT2D eigenvalue weighted by Crippen LogP contribution is 2.17. The molecule has 0 aliphatic heterocycles. The molecule has 6 nitrogen and oxygen atoms in total. The minimum absolute atomic E-state index is 0.0177. The average Bonchev–Trinajstić information content (AvgIpc) is 3.37. The van der Waals surface area contributed by atoms with E-state index >= 15 is 0 Å². The first kappa shape index (κ1) is 68.3. The van der Waals surface area contributed by atoms with Gasteiger partial charge in [-0.3, -0.25) is 9.59 Å². The molecule has 0 fully saturated rings. The fourth-order valence-corrected chi connectivity index (χ4v) is 8.37. The molecule has 3 atom stereocenters. The van der Waals surface area contributed by atoms with Crippen LogP contribution >= 0.6 is 0 Å². The van der Waals surface area contributed by atoms with Crippen molar-refractivity contribution < 1.29 is 24.5 Å². The van der Waals surface area contributed by atoms with E-state index in [0.717, 1.165) is 122 Å². The first-order valence-electron chi connectivity index (χ1n) is 29.8. The molecule has 0 aliphatic rings. The largest absolute Gasteiger partial charge is 0.462 e. The van der Waals surface area contributed by atoms with Crippen LogP contribution in [0.25, 0.3) is 0 Å². The second-order valence-electron chi connectivity index (χ2n) is 19.6. The summed E-state index contributed by atoms with van der Waals surface area (Å²) in [6, 6.07) is -0.737. The highest BCUT2D eigenvalue weighted by Gasteiger charge is 2.24. The summed E-state index contributed by atoms with van der Waals surface area (Å²) in [5.41, 5.74) is 0. The first-order chi connectivity index (χ1) is 35.5. The van der Waals surface area contributed by atoms with Gasteiger partial charge in [-0.2, -0.15) is 0 Å². The number of aliphatic hydroxyl groups excluding tert-OH is 2. The average molecular weight is 999 g/mol. The van der Waals surface area contributed by atoms with Crippen LogP contribution < -0.4 is 5.32 Å². The summed E-state index contributed by atoms with van der Waals surface area (Å²) >= 11 is 0. The Kier molecular flexibility index (Phi) is 55.1. The molecule has 1 amide bonds. The molecule has 0 aliphatic carbocycles. The Labute approximate surface area is 444 Å². The Morgan fingerprint density at radius 3 is 1.15 bits per heavy atom. The lowest BCUT2D eigenvalue weighted by Crippen LogP contribution is -2.46. The van der Waals surface area contributed by atoms with Crippen molar-refractivity contribution in [1.82, 2.24) is 5.32 Å². The number of hydrogen-bond donors (Lipinski definition) is 3. The summed E-state index contributed by atoms with van der Waals surface area (Å²) in [7, 11) is 0. The van der Waals surface area contributed by atoms with Gasteiger partial charge in [0.25, 0.3) is 0 Å². The monoisotopic (exact) mass is 998 g/mol. The van der Waals surface area contributed by atoms with Crippen molar-refractivity contribution in [3.63, 3.8) is 0 Å². The zero-order valence-corrected chi connectivity index (χ0v) is 46.8. The molecule has 0 aromatic carbocycles. The number of esters is 1. The number of carbonyl (C=O) groups excluding carboxylic acids is 2. The molecule has 72 heavy (non-hydrogen) atoms. The van der Waals surface area contributed by atoms with Crippen LogP contribution in [0.15, 0.2) is 122 Å². The van der Waals surface area contributed by atoms with Crippen LogP contribution in [0.1, 0.15) is 258 Å². The van der Waals surface area contributed by atoms with E-state index in [4.69, 9.17) is 4.74 Å². The van der Waals surface area contributed by atoms with Gasteiger partial charge in [-0.25, -0.2) is 0 Å². The number of ether oxygens (including phenoxy) is 1. The molecule has 0 aromatic heterocycles. The Bertz CT molecular complexity index is 1490. The fourth-order valence-electron chi connectivity index (χ4n) is 8.37. The van der Waals surface area contributed by atoms with E-state index in [-0.39, 0.29) is 24.9 Å². The summed E-state index contributed by atoms with van der Waals surface area (Å²) in [5, 5.41) is 23.9. The summed E-state index contributed by atoms with van der Waals surface area (Å²) in [6.45, 7) is 6.25. The molecule has 0 saturated heterocycles. The SMILES string of the molecule is CC/C=C\C/C=C\C/C=C\C/C=C\C/C=C\CCCCCC(=O)OC(CCC/C=C\C/C=C\C/C=C\C/C=C\C/C=C\CC)CC(=O)NC(CO)C(O)CCCCCCCCCCCCCCCCCCC. The third kappa shape index (κ3) is 52.6. The lowest BCUT2D eigenvalue weighted by molar-refractivity contribution is -0.151. The van der Waals surface area contributed by atoms with Crippen molar-refractivity contribution in [2.45, 2.75) is 277 Å². The molecular weight excluding hydrogens is 887 g/mol. The third-order valence-corrected chi connectivity index (χ3v) is 12.8. The normalized spacial score (nSPS) is 14.0. The fraction of sp³-hybridized carbons (Fsp3) is 0.667. The van der Waals surface area contributed by atoms with Gasteiger partial charge in [-0.1, -0.05) is 258 Å². The number of unbranched alkanes of at least 4 members (excludes halogenated alkanes) is 20. The van der Waals surface area contributed by atoms with Crippen molar-refractivity contribution in [1.29, 1.82) is 0 Å². The number of hydrogen-bond acceptors (Lipinski definition) is 5. The number of rotatable bonds is 52. The predicted molar refractivity (Wildman–Crippen MR) is 314 cm³/mol. The topological polar surface area (TPSA) is 95.9 Å². The molecule has 3 unspecified atom stereocenters. The van der Waals surface area contributed by atoms with Gasteiger partial charge in [0.1, 0.15) is 6.10 Å². The smallest absolute Gasteiger partial charge is 0.306 e. The molecular formula is C66H111NO5. The van der Waals surface area contributed by atoms with Crippen LogP contribution in [0.3, 0.4) is 0 Å². The molecule has 0 aromatic rings. The molecule has 0 rings (SSSR count). The first-order valence-corrected chi connectivity index (χ1v) is 29.8. The minimum atomic E-state index is -0.818. The maximum Gasteiger partial charge on any atom is 0.306 e. The Morgan fingerprint density at radius 2 is 0.764 bits per heavy atom. The zero-order chi connectivity index (χ0) is 52.3. The number of aliphatic hydroxyl groups is 2. The molecule has 0 heterocycles. The third-order valence-electron chi connectivity index (χ3n) is 12.8. The van der Waals surface area contributed by atoms with Gasteiger partial charge in [-0.05, 0) is 109 Å². The van der Waals surface area contributed by atoms with E-state index in [0.29, 0.717) is 19.3 Å². The highest BCUT2D eigenvalue weighted by atomic mass is 16.5. The van der Waals surface area contributed by atoms with Gasteiger partial charge in [-0.15, -0.1) is 0 Å². The van der Waals surface area contributed by atoms with E-state index in [9.17, 15) is 19.8 Å². The van der Waals surface area contributed by atoms with Gasteiger partial charge in [0, 0.05) is 6.42 Å². The van der Waals surface area contributed by atoms with Gasteiger partial charge >= 0.3 is 5.97 Å². The van der Waals surface area contributed by atoms with Crippen LogP contribution in [0.4, 0.5) is 0 Å². The lowest BCUT2D eigenvalue weighted by Gasteiger charge is -2.24. The minimum Gasteiger partial charge on any atom is -0.462 e. The maximum absolute atomic E-state index is 13.3. The number of amides is 1. The maximum atomic E-state index is 13.3. The van der Waals surface area contributed by atoms with Crippen LogP contribution in [-0.4, -0.2) is 46.9 Å². The molecule has 3 N–H and O–H groups in total. The van der Waals surface area contributed by atoms with Gasteiger partial charge in [0.15, 0.2) is 0 Å². The summed E-state index contributed by atoms with van der Waals surface area (Å²) in [5.74, 6) is -0.574. The molecule has 0 saturated carbocycles. The van der Waals surface area contributed by atoms with E-state index in [2.05, 4.69) is 148 Å². The Balaban J connectivity index is 4.72. The van der Waals surface area contributed by atoms with Crippen molar-refractivity contribution in [2.75, 3.05) is 6.61 Å². The van der Waals surface area contributed by atoms with Crippen molar-refractivity contribution in [3.05, 3.63) is 122 Å². The number of carbonyl (C=O) groups is 2. The second-order valence-corrected chi connectivity index (χ2v) is 19.6. The molecule has 410 valence electrons. The highest BCUT2D eigenvalue weighted by molar-refractivity contribution is 5.77. The Morgan fingerprint density at radius 1 is 0.417 bits per heavy atom. The number of nitrogens with one attached hydrogen (secondary N) is 1. The molecule has 6 heteroatoms. The van der Waals surface area contributed by atoms with Crippen molar-refractivity contribution in [2.24, 2.45) is 0 Å². The summed E-state index contributed by atoms with van der Waals surface area (Å²) in [4.78, 5) is 26.3. The predicted octanol–water partition coefficient (Wildman–Crippen LogP) is 18.8. The van der Waals surface area contributed by atoms with Crippen LogP contribution in [0.2, 0.25) is 0 Å². The van der Waals surface area contributed by atoms with E-state index in [1.54, 1.807) is 0 Å². The van der Waals surface area contributed by atoms with Crippen LogP contribution in [-0.2, 0) is 14.3 Å². The van der Waals surface area contributed by atoms with E-state index in [1.165, 1.54) is 89.9 Å². The van der Waals surface area contributed by atoms with Crippen LogP contribution in [0.5, 0.6) is 0 Å². The van der Waals surface area contributed by atoms with E-state index in [1.807, 2.05) is 0 Å². The van der Waals surface area contributed by atoms with Crippen molar-refractivity contribution >= 4 is 11.9 Å². The quantitative estimate of drug-likeness (QED) is 0.0321. The van der Waals surface area contributed by atoms with E-state index < -0.39 is 18.2 Å². The lowest BCUT2D eigenvalue weighted by atomic mass is 10.0. The van der Waals surface area contributed by atoms with Gasteiger partial charge in [0.2, 0.25) is 5.91 Å². The molecule has 0 spiro atoms. The Hall–Kier alpha value is -3.74. The zero-order valence-electron chi connectivity index (χ0n) is 46.8. The standard InChI is InChI=1S/C66H111NO5/c1-4-7-10-13-16-19-22-25-28-31-32-35-38-41-44-47-50-53-56-59-66(71)72-62(57-54-51-48-45-42-39-36-33-29-26-23-20-17-14-11-8-5-2)60-65(70)67-63(61-68)64(69)58-55-52-49-46-43-40-37-34-30-27-24-21-18-15-12-9-6-3/h7-8,10-11,16-17,19-20,25-26,28-29,32,35-36,39,41,44-45,48,62-64,68-69H,4-6,9,12-15,18,21-24,27,30-31,33-34,37-38,40,42-43,46-47,49-61H2,1-3H3,(H,67,70)/b10-7-,11-8-,19-16-,20-17-,28-25-,29-26-,35-32-,39-36-,44-41-,48-45-. The summed E-state index contributed by atoms with van der Waals surface area (Å²) < 4.78 is 5.92. The van der Waals surface area contributed by atoms with Crippen molar-refractivity contribution in [3.8, 4) is 0 Å². The molecule has 0 radical (unpaired) electrons. The summed E-state index contributed by atoms with van der Waals surface area (Å²) in [6.07, 6.45) is 81.2. The van der Waals surface area contributed by atoms with Gasteiger partial charge in [0.05, 0.1) is 25.2 Å².